The molecule has 3 aliphatic rings. The number of carbonyl (C=O) groups excluding carboxylic acids is 1. The summed E-state index contributed by atoms with van der Waals surface area (Å²) in [7, 11) is -17.4. The lowest BCUT2D eigenvalue weighted by atomic mass is 10.1. The van der Waals surface area contributed by atoms with Crippen molar-refractivity contribution in [2.75, 3.05) is 18.9 Å². The smallest absolute Gasteiger partial charge is 0.274 e. The zero-order valence-corrected chi connectivity index (χ0v) is 26.6. The molecule has 5 rings (SSSR count). The van der Waals surface area contributed by atoms with Gasteiger partial charge < -0.3 is 78.9 Å². The number of carbonyl (C=O) groups is 1. The summed E-state index contributed by atoms with van der Waals surface area (Å²) in [5.41, 5.74) is 11.1. The van der Waals surface area contributed by atoms with E-state index in [0.717, 1.165) is 17.2 Å². The lowest BCUT2D eigenvalue weighted by Crippen LogP contribution is -2.40. The molecular weight excluding hydrogens is 715 g/mol. The molecule has 48 heavy (non-hydrogen) atoms. The number of rotatable bonds is 13. The molecule has 5 heterocycles. The summed E-state index contributed by atoms with van der Waals surface area (Å²) in [6.45, 7) is -2.26. The van der Waals surface area contributed by atoms with E-state index in [4.69, 9.17) is 20.9 Å². The van der Waals surface area contributed by atoms with Crippen LogP contribution in [0.4, 0.5) is 5.82 Å². The van der Waals surface area contributed by atoms with E-state index in [1.165, 1.54) is 23.4 Å². The normalized spacial score (nSPS) is 31.9. The molecule has 0 aliphatic carbocycles. The number of hydrogen-bond donors (Lipinski definition) is 5. The number of nitrogens with zero attached hydrogens (tertiary/aromatic N) is 5. The van der Waals surface area contributed by atoms with Gasteiger partial charge in [0.2, 0.25) is 5.91 Å². The Morgan fingerprint density at radius 1 is 0.958 bits per heavy atom. The third-order valence-corrected chi connectivity index (χ3v) is 10.1. The second kappa shape index (κ2) is 13.9. The van der Waals surface area contributed by atoms with Crippen molar-refractivity contribution in [3.8, 4) is 0 Å². The average Bonchev–Trinajstić information content (AvgIpc) is 3.64. The number of nitrogens with two attached hydrogens (primary N) is 2. The second-order valence-electron chi connectivity index (χ2n) is 10.3. The van der Waals surface area contributed by atoms with Crippen molar-refractivity contribution in [1.82, 2.24) is 24.4 Å². The minimum atomic E-state index is -5.86. The maximum atomic E-state index is 12.4. The van der Waals surface area contributed by atoms with Gasteiger partial charge in [-0.3, -0.25) is 18.5 Å². The number of amides is 1. The Bertz CT molecular complexity index is 1740. The number of hydrogen-bond acceptors (Lipinski definition) is 22. The molecule has 24 nitrogen and oxygen atoms in total. The Hall–Kier alpha value is -2.73. The molecule has 0 bridgehead atoms. The van der Waals surface area contributed by atoms with E-state index < -0.39 is 91.7 Å². The van der Waals surface area contributed by atoms with Crippen molar-refractivity contribution < 1.29 is 80.7 Å². The van der Waals surface area contributed by atoms with Gasteiger partial charge in [0.15, 0.2) is 23.9 Å². The molecule has 2 fully saturated rings. The van der Waals surface area contributed by atoms with Crippen LogP contribution in [0.3, 0.4) is 0 Å². The number of nitrogen functional groups attached to an aromatic ring is 1. The molecule has 7 N–H and O–H groups in total. The van der Waals surface area contributed by atoms with Gasteiger partial charge in [-0.15, -0.1) is 0 Å². The molecule has 1 amide bonds. The van der Waals surface area contributed by atoms with Crippen LogP contribution < -0.4 is 31.0 Å². The van der Waals surface area contributed by atoms with E-state index in [1.54, 1.807) is 0 Å². The molecule has 3 aliphatic heterocycles. The summed E-state index contributed by atoms with van der Waals surface area (Å²) in [5, 5.41) is 31.4. The number of aliphatic hydroxyl groups is 3. The van der Waals surface area contributed by atoms with Gasteiger partial charge in [0.05, 0.1) is 27.4 Å². The van der Waals surface area contributed by atoms with Gasteiger partial charge in [-0.2, -0.15) is 0 Å². The summed E-state index contributed by atoms with van der Waals surface area (Å²) in [4.78, 5) is 71.8. The minimum absolute atomic E-state index is 0.0167. The largest absolute Gasteiger partial charge is 0.790 e. The number of ether oxygens (including phenoxy) is 2. The second-order valence-corrected chi connectivity index (χ2v) is 14.4. The molecule has 27 heteroatoms. The third kappa shape index (κ3) is 8.17. The predicted molar refractivity (Wildman–Crippen MR) is 144 cm³/mol. The van der Waals surface area contributed by atoms with Gasteiger partial charge in [0, 0.05) is 18.0 Å². The summed E-state index contributed by atoms with van der Waals surface area (Å²) in [6.07, 6.45) is -7.38. The number of aromatic nitrogens is 4. The number of aliphatic hydroxyl groups excluding tert-OH is 3. The van der Waals surface area contributed by atoms with E-state index in [-0.39, 0.29) is 29.0 Å². The summed E-state index contributed by atoms with van der Waals surface area (Å²) >= 11 is 0. The highest BCUT2D eigenvalue weighted by Gasteiger charge is 2.48. The molecule has 10 atom stereocenters. The number of phosphoric ester groups is 3. The zero-order valence-electron chi connectivity index (χ0n) is 23.9. The van der Waals surface area contributed by atoms with Crippen LogP contribution in [0.2, 0.25) is 0 Å². The highest BCUT2D eigenvalue weighted by Crippen LogP contribution is 2.56. The van der Waals surface area contributed by atoms with Crippen LogP contribution in [0.25, 0.3) is 11.2 Å². The van der Waals surface area contributed by atoms with E-state index in [0.29, 0.717) is 0 Å². The van der Waals surface area contributed by atoms with E-state index in [1.807, 2.05) is 0 Å². The van der Waals surface area contributed by atoms with Gasteiger partial charge >= 0.3 is 0 Å². The Kier molecular flexibility index (Phi) is 10.6. The van der Waals surface area contributed by atoms with Crippen molar-refractivity contribution in [2.45, 2.75) is 55.5 Å². The fourth-order valence-corrected chi connectivity index (χ4v) is 7.45. The van der Waals surface area contributed by atoms with E-state index in [2.05, 4.69) is 32.8 Å². The maximum Gasteiger partial charge on any atom is 0.274 e. The number of phosphoric acid groups is 3. The van der Waals surface area contributed by atoms with Crippen LogP contribution in [-0.2, 0) is 45.8 Å². The topological polar surface area (TPSA) is 375 Å². The fraction of sp³-hybridized carbons (Fsp3) is 0.524. The Balaban J connectivity index is 1.20. The maximum absolute atomic E-state index is 12.4. The van der Waals surface area contributed by atoms with Crippen molar-refractivity contribution in [1.29, 1.82) is 0 Å². The lowest BCUT2D eigenvalue weighted by molar-refractivity contribution is -0.347. The van der Waals surface area contributed by atoms with E-state index >= 15 is 0 Å². The average molecular weight is 741 g/mol. The number of allylic oxidation sites excluding steroid dienone is 1. The number of fused-ring (bicyclic) bond motifs is 1. The molecule has 0 spiro atoms. The minimum Gasteiger partial charge on any atom is -0.790 e. The monoisotopic (exact) mass is 741 g/mol. The summed E-state index contributed by atoms with van der Waals surface area (Å²) in [6, 6.07) is 0. The van der Waals surface area contributed by atoms with Crippen LogP contribution in [0.15, 0.2) is 36.7 Å². The zero-order chi connectivity index (χ0) is 35.2. The highest BCUT2D eigenvalue weighted by atomic mass is 31.3. The van der Waals surface area contributed by atoms with Crippen LogP contribution in [0.1, 0.15) is 12.6 Å². The van der Waals surface area contributed by atoms with E-state index in [9.17, 15) is 53.4 Å². The molecule has 0 saturated carbocycles. The molecule has 0 aromatic carbocycles. The van der Waals surface area contributed by atoms with Gasteiger partial charge in [-0.05, 0) is 6.42 Å². The molecular formula is C21H26N7O17P3-4. The Morgan fingerprint density at radius 3 is 2.21 bits per heavy atom. The van der Waals surface area contributed by atoms with Crippen LogP contribution >= 0.6 is 23.5 Å². The van der Waals surface area contributed by atoms with Gasteiger partial charge in [0.25, 0.3) is 15.6 Å². The van der Waals surface area contributed by atoms with Gasteiger partial charge in [-0.1, -0.05) is 6.08 Å². The first kappa shape index (κ1) is 36.5. The molecule has 266 valence electrons. The molecule has 2 unspecified atom stereocenters. The molecule has 2 saturated heterocycles. The molecule has 0 radical (unpaired) electrons. The summed E-state index contributed by atoms with van der Waals surface area (Å²) in [5.74, 6) is -0.849. The van der Waals surface area contributed by atoms with Crippen molar-refractivity contribution in [3.05, 3.63) is 36.7 Å². The third-order valence-electron chi connectivity index (χ3n) is 7.09. The number of imidazole rings is 1. The van der Waals surface area contributed by atoms with Crippen LogP contribution in [-0.4, -0.2) is 102 Å². The van der Waals surface area contributed by atoms with Crippen LogP contribution in [0, 0.1) is 0 Å². The predicted octanol–water partition coefficient (Wildman–Crippen LogP) is -5.10. The number of primary amides is 1. The quantitative estimate of drug-likeness (QED) is 0.120. The molecule has 2 aromatic rings. The van der Waals surface area contributed by atoms with Crippen molar-refractivity contribution in [2.24, 2.45) is 5.73 Å². The first-order chi connectivity index (χ1) is 22.4. The number of anilines is 1. The first-order valence-electron chi connectivity index (χ1n) is 13.4. The SMILES string of the molecule is NC(=O)C1=CN([C@@H]2O[C@H](COP(=O)([O-])OP(=O)([O-])OC[C@H]3O[C@@H](n4cnc5c(N)ncnc54)[C@H](OP(=O)([O-])[O-])[C@@H]3O)[C@@H](O)[C@H]2O)C=CC1. The Morgan fingerprint density at radius 2 is 1.58 bits per heavy atom. The van der Waals surface area contributed by atoms with Crippen LogP contribution in [0.5, 0.6) is 0 Å². The van der Waals surface area contributed by atoms with Gasteiger partial charge in [0.1, 0.15) is 48.5 Å². The van der Waals surface area contributed by atoms with Gasteiger partial charge in [-0.25, -0.2) is 19.3 Å². The lowest BCUT2D eigenvalue weighted by Gasteiger charge is -2.34. The standard InChI is InChI=1S/C21H30N7O17P3/c22-17-12-19(25-7-24-17)28(8-26-12)21-16(44-46(33,34)35)14(30)11(43-21)6-41-48(38,39)45-47(36,37)40-5-10-13(29)15(31)20(42-10)27-3-1-2-9(4-27)18(23)32/h1,3-4,7-8,10-11,13-16,20-21,29-31H,2,5-6H2,(H2,23,32)(H,36,37)(H,38,39)(H2,22,24,25)(H2,33,34,35)/p-4/t10-,11-,13-,14-,15-,16-,20-,21-/m1/s1. The highest BCUT2D eigenvalue weighted by molar-refractivity contribution is 7.59. The fourth-order valence-electron chi connectivity index (χ4n) is 4.91. The first-order valence-corrected chi connectivity index (χ1v) is 17.8. The molecule has 2 aromatic heterocycles. The van der Waals surface area contributed by atoms with Crippen molar-refractivity contribution in [3.63, 3.8) is 0 Å². The summed E-state index contributed by atoms with van der Waals surface area (Å²) < 4.78 is 65.6. The Labute approximate surface area is 268 Å². The van der Waals surface area contributed by atoms with Crippen molar-refractivity contribution >= 4 is 46.4 Å².